The zero-order valence-corrected chi connectivity index (χ0v) is 15.4. The van der Waals surface area contributed by atoms with Gasteiger partial charge in [0.1, 0.15) is 0 Å². The molecule has 0 radical (unpaired) electrons. The van der Waals surface area contributed by atoms with Crippen LogP contribution in [-0.4, -0.2) is 72.5 Å². The molecule has 2 amide bonds. The van der Waals surface area contributed by atoms with Crippen molar-refractivity contribution in [3.05, 3.63) is 35.9 Å². The van der Waals surface area contributed by atoms with Gasteiger partial charge in [-0.15, -0.1) is 0 Å². The molecule has 2 saturated heterocycles. The molecule has 1 aromatic rings. The number of nitrogens with zero attached hydrogens (tertiary/aromatic N) is 2. The second-order valence-electron chi connectivity index (χ2n) is 6.83. The molecule has 2 atom stereocenters. The number of sulfone groups is 1. The smallest absolute Gasteiger partial charge is 0.290 e. The summed E-state index contributed by atoms with van der Waals surface area (Å²) in [6, 6.07) is 8.22. The molecule has 0 aromatic heterocycles. The van der Waals surface area contributed by atoms with E-state index in [1.165, 1.54) is 16.7 Å². The van der Waals surface area contributed by atoms with Gasteiger partial charge in [0.2, 0.25) is 11.7 Å². The van der Waals surface area contributed by atoms with E-state index in [1.54, 1.807) is 0 Å². The van der Waals surface area contributed by atoms with E-state index < -0.39 is 33.6 Å². The normalized spacial score (nSPS) is 24.2. The third-order valence-corrected chi connectivity index (χ3v) is 6.76. The number of amides is 2. The molecule has 0 saturated carbocycles. The minimum absolute atomic E-state index is 0.0832. The SMILES string of the molecule is CC(=O)N1CCN(C(=O)C(=O)CCc2ccccc2)[C@H]2CS(=O)(=O)C[C@H]21. The number of ketones is 1. The summed E-state index contributed by atoms with van der Waals surface area (Å²) in [5.41, 5.74) is 0.969. The Kier molecular flexibility index (Phi) is 5.13. The lowest BCUT2D eigenvalue weighted by Gasteiger charge is -2.43. The molecule has 8 heteroatoms. The number of fused-ring (bicyclic) bond motifs is 1. The maximum atomic E-state index is 12.6. The molecular formula is C18H22N2O5S. The van der Waals surface area contributed by atoms with Crippen molar-refractivity contribution >= 4 is 27.4 Å². The molecule has 2 aliphatic heterocycles. The maximum Gasteiger partial charge on any atom is 0.290 e. The van der Waals surface area contributed by atoms with Gasteiger partial charge in [-0.1, -0.05) is 30.3 Å². The van der Waals surface area contributed by atoms with Crippen LogP contribution in [0, 0.1) is 0 Å². The number of rotatable bonds is 4. The summed E-state index contributed by atoms with van der Waals surface area (Å²) in [5, 5.41) is 0. The lowest BCUT2D eigenvalue weighted by molar-refractivity contribution is -0.151. The first-order chi connectivity index (χ1) is 12.3. The van der Waals surface area contributed by atoms with Gasteiger partial charge in [0, 0.05) is 26.4 Å². The van der Waals surface area contributed by atoms with Crippen molar-refractivity contribution in [2.24, 2.45) is 0 Å². The number of carbonyl (C=O) groups excluding carboxylic acids is 3. The van der Waals surface area contributed by atoms with Crippen LogP contribution in [0.15, 0.2) is 30.3 Å². The van der Waals surface area contributed by atoms with Crippen molar-refractivity contribution < 1.29 is 22.8 Å². The van der Waals surface area contributed by atoms with E-state index >= 15 is 0 Å². The van der Waals surface area contributed by atoms with Crippen molar-refractivity contribution in [1.82, 2.24) is 9.80 Å². The molecule has 0 aliphatic carbocycles. The van der Waals surface area contributed by atoms with Crippen molar-refractivity contribution in [3.8, 4) is 0 Å². The fourth-order valence-corrected chi connectivity index (χ4v) is 5.75. The quantitative estimate of drug-likeness (QED) is 0.690. The number of benzene rings is 1. The summed E-state index contributed by atoms with van der Waals surface area (Å²) >= 11 is 0. The Balaban J connectivity index is 1.70. The van der Waals surface area contributed by atoms with Crippen LogP contribution in [-0.2, 0) is 30.6 Å². The molecule has 3 rings (SSSR count). The first-order valence-electron chi connectivity index (χ1n) is 8.64. The van der Waals surface area contributed by atoms with E-state index in [9.17, 15) is 22.8 Å². The molecule has 0 unspecified atom stereocenters. The highest BCUT2D eigenvalue weighted by molar-refractivity contribution is 7.91. The van der Waals surface area contributed by atoms with Crippen molar-refractivity contribution in [2.75, 3.05) is 24.6 Å². The summed E-state index contributed by atoms with van der Waals surface area (Å²) in [6.07, 6.45) is 0.547. The van der Waals surface area contributed by atoms with E-state index in [2.05, 4.69) is 0 Å². The highest BCUT2D eigenvalue weighted by Gasteiger charge is 2.49. The van der Waals surface area contributed by atoms with Gasteiger partial charge in [-0.25, -0.2) is 8.42 Å². The molecule has 1 aromatic carbocycles. The molecule has 2 fully saturated rings. The second-order valence-corrected chi connectivity index (χ2v) is 8.99. The monoisotopic (exact) mass is 378 g/mol. The Bertz CT molecular complexity index is 821. The van der Waals surface area contributed by atoms with Crippen LogP contribution in [0.25, 0.3) is 0 Å². The number of carbonyl (C=O) groups is 3. The molecule has 0 bridgehead atoms. The molecule has 0 spiro atoms. The fraction of sp³-hybridized carbons (Fsp3) is 0.500. The van der Waals surface area contributed by atoms with Crippen molar-refractivity contribution in [1.29, 1.82) is 0 Å². The van der Waals surface area contributed by atoms with Gasteiger partial charge in [0.15, 0.2) is 9.84 Å². The summed E-state index contributed by atoms with van der Waals surface area (Å²) in [6.45, 7) is 1.83. The second kappa shape index (κ2) is 7.19. The van der Waals surface area contributed by atoms with E-state index in [0.29, 0.717) is 6.42 Å². The predicted molar refractivity (Wildman–Crippen MR) is 95.1 cm³/mol. The Morgan fingerprint density at radius 2 is 1.58 bits per heavy atom. The van der Waals surface area contributed by atoms with Crippen LogP contribution in [0.5, 0.6) is 0 Å². The van der Waals surface area contributed by atoms with Gasteiger partial charge in [-0.05, 0) is 12.0 Å². The van der Waals surface area contributed by atoms with Gasteiger partial charge < -0.3 is 9.80 Å². The lowest BCUT2D eigenvalue weighted by Crippen LogP contribution is -2.62. The van der Waals surface area contributed by atoms with Gasteiger partial charge in [0.05, 0.1) is 23.6 Å². The number of piperazine rings is 1. The molecular weight excluding hydrogens is 356 g/mol. The zero-order chi connectivity index (χ0) is 18.9. The molecule has 2 aliphatic rings. The zero-order valence-electron chi connectivity index (χ0n) is 14.6. The average Bonchev–Trinajstić information content (AvgIpc) is 2.93. The van der Waals surface area contributed by atoms with E-state index in [-0.39, 0.29) is 36.9 Å². The van der Waals surface area contributed by atoms with Crippen LogP contribution < -0.4 is 0 Å². The molecule has 7 nitrogen and oxygen atoms in total. The first-order valence-corrected chi connectivity index (χ1v) is 10.5. The van der Waals surface area contributed by atoms with Crippen LogP contribution in [0.1, 0.15) is 18.9 Å². The highest BCUT2D eigenvalue weighted by Crippen LogP contribution is 2.27. The van der Waals surface area contributed by atoms with E-state index in [4.69, 9.17) is 0 Å². The van der Waals surface area contributed by atoms with E-state index in [1.807, 2.05) is 30.3 Å². The van der Waals surface area contributed by atoms with Crippen LogP contribution >= 0.6 is 0 Å². The molecule has 140 valence electrons. The van der Waals surface area contributed by atoms with Crippen LogP contribution in [0.2, 0.25) is 0 Å². The number of aryl methyl sites for hydroxylation is 1. The standard InChI is InChI=1S/C18H22N2O5S/c1-13(21)19-9-10-20(16-12-26(24,25)11-15(16)19)18(23)17(22)8-7-14-5-3-2-4-6-14/h2-6,15-16H,7-12H2,1H3/t15-,16+/m1/s1. The van der Waals surface area contributed by atoms with Crippen molar-refractivity contribution in [3.63, 3.8) is 0 Å². The van der Waals surface area contributed by atoms with Gasteiger partial charge in [-0.3, -0.25) is 14.4 Å². The number of hydrogen-bond acceptors (Lipinski definition) is 5. The van der Waals surface area contributed by atoms with Gasteiger partial charge in [0.25, 0.3) is 5.91 Å². The molecule has 0 N–H and O–H groups in total. The summed E-state index contributed by atoms with van der Waals surface area (Å²) in [7, 11) is -3.34. The van der Waals surface area contributed by atoms with Crippen LogP contribution in [0.3, 0.4) is 0 Å². The predicted octanol–water partition coefficient (Wildman–Crippen LogP) is 0.0446. The molecule has 26 heavy (non-hydrogen) atoms. The topological polar surface area (TPSA) is 91.8 Å². The fourth-order valence-electron chi connectivity index (χ4n) is 3.77. The Morgan fingerprint density at radius 1 is 1.00 bits per heavy atom. The van der Waals surface area contributed by atoms with E-state index in [0.717, 1.165) is 5.56 Å². The maximum absolute atomic E-state index is 12.6. The van der Waals surface area contributed by atoms with Gasteiger partial charge in [-0.2, -0.15) is 0 Å². The minimum Gasteiger partial charge on any atom is -0.335 e. The van der Waals surface area contributed by atoms with Gasteiger partial charge >= 0.3 is 0 Å². The highest BCUT2D eigenvalue weighted by atomic mass is 32.2. The largest absolute Gasteiger partial charge is 0.335 e. The molecule has 2 heterocycles. The summed E-state index contributed by atoms with van der Waals surface area (Å²) in [5.74, 6) is -1.72. The van der Waals surface area contributed by atoms with Crippen LogP contribution in [0.4, 0.5) is 0 Å². The Morgan fingerprint density at radius 3 is 2.19 bits per heavy atom. The summed E-state index contributed by atoms with van der Waals surface area (Å²) < 4.78 is 24.1. The average molecular weight is 378 g/mol. The Hall–Kier alpha value is -2.22. The lowest BCUT2D eigenvalue weighted by atomic mass is 10.0. The van der Waals surface area contributed by atoms with Crippen molar-refractivity contribution in [2.45, 2.75) is 31.8 Å². The first kappa shape index (κ1) is 18.6. The minimum atomic E-state index is -3.34. The Labute approximate surface area is 152 Å². The third-order valence-electron chi connectivity index (χ3n) is 5.06. The third kappa shape index (κ3) is 3.80. The number of hydrogen-bond donors (Lipinski definition) is 0. The number of Topliss-reactive ketones (excluding diaryl/α,β-unsaturated/α-hetero) is 1. The summed E-state index contributed by atoms with van der Waals surface area (Å²) in [4.78, 5) is 39.6.